The van der Waals surface area contributed by atoms with Gasteiger partial charge in [0.2, 0.25) is 15.9 Å². The summed E-state index contributed by atoms with van der Waals surface area (Å²) in [6, 6.07) is 14.0. The summed E-state index contributed by atoms with van der Waals surface area (Å²) in [6.45, 7) is 3.73. The van der Waals surface area contributed by atoms with Crippen LogP contribution in [0.25, 0.3) is 0 Å². The van der Waals surface area contributed by atoms with Crippen LogP contribution >= 0.6 is 23.4 Å². The highest BCUT2D eigenvalue weighted by molar-refractivity contribution is 8.00. The van der Waals surface area contributed by atoms with Crippen molar-refractivity contribution >= 4 is 39.3 Å². The molecule has 1 heterocycles. The van der Waals surface area contributed by atoms with Crippen LogP contribution in [0.2, 0.25) is 5.02 Å². The van der Waals surface area contributed by atoms with E-state index in [0.29, 0.717) is 37.9 Å². The molecule has 29 heavy (non-hydrogen) atoms. The SMILES string of the molecule is CC(Sc1ccc(Cl)cc1)C(=O)NCc1ccc(S(=O)(=O)N2CCOCC2)cc1. The average Bonchev–Trinajstić information content (AvgIpc) is 2.74. The molecule has 1 aliphatic rings. The summed E-state index contributed by atoms with van der Waals surface area (Å²) in [5.41, 5.74) is 0.836. The van der Waals surface area contributed by atoms with Crippen molar-refractivity contribution in [2.75, 3.05) is 26.3 Å². The number of sulfonamides is 1. The maximum atomic E-state index is 12.6. The van der Waals surface area contributed by atoms with Crippen LogP contribution in [-0.4, -0.2) is 50.2 Å². The first-order valence-electron chi connectivity index (χ1n) is 9.23. The first-order valence-corrected chi connectivity index (χ1v) is 11.9. The molecule has 1 atom stereocenters. The predicted molar refractivity (Wildman–Crippen MR) is 115 cm³/mol. The van der Waals surface area contributed by atoms with Crippen molar-refractivity contribution in [2.45, 2.75) is 28.5 Å². The van der Waals surface area contributed by atoms with E-state index in [1.54, 1.807) is 36.4 Å². The van der Waals surface area contributed by atoms with E-state index in [4.69, 9.17) is 16.3 Å². The van der Waals surface area contributed by atoms with Gasteiger partial charge in [-0.2, -0.15) is 4.31 Å². The number of morpholine rings is 1. The second kappa shape index (κ2) is 9.95. The lowest BCUT2D eigenvalue weighted by Gasteiger charge is -2.26. The zero-order chi connectivity index (χ0) is 20.9. The zero-order valence-electron chi connectivity index (χ0n) is 16.0. The number of benzene rings is 2. The molecule has 0 saturated carbocycles. The molecule has 1 aliphatic heterocycles. The third kappa shape index (κ3) is 5.96. The predicted octanol–water partition coefficient (Wildman–Crippen LogP) is 3.16. The van der Waals surface area contributed by atoms with Gasteiger partial charge in [-0.3, -0.25) is 4.79 Å². The summed E-state index contributed by atoms with van der Waals surface area (Å²) in [5.74, 6) is -0.0880. The van der Waals surface area contributed by atoms with Crippen LogP contribution in [0.4, 0.5) is 0 Å². The van der Waals surface area contributed by atoms with Gasteiger partial charge in [-0.05, 0) is 48.9 Å². The first kappa shape index (κ1) is 22.1. The van der Waals surface area contributed by atoms with E-state index in [9.17, 15) is 13.2 Å². The van der Waals surface area contributed by atoms with Gasteiger partial charge in [0, 0.05) is 29.6 Å². The van der Waals surface area contributed by atoms with Crippen LogP contribution in [0, 0.1) is 0 Å². The smallest absolute Gasteiger partial charge is 0.243 e. The van der Waals surface area contributed by atoms with Crippen molar-refractivity contribution < 1.29 is 17.9 Å². The lowest BCUT2D eigenvalue weighted by Crippen LogP contribution is -2.40. The van der Waals surface area contributed by atoms with Gasteiger partial charge in [-0.1, -0.05) is 23.7 Å². The number of hydrogen-bond acceptors (Lipinski definition) is 5. The van der Waals surface area contributed by atoms with Gasteiger partial charge in [-0.15, -0.1) is 11.8 Å². The number of thioether (sulfide) groups is 1. The van der Waals surface area contributed by atoms with Crippen molar-refractivity contribution in [3.8, 4) is 0 Å². The molecular formula is C20H23ClN2O4S2. The van der Waals surface area contributed by atoms with Crippen molar-refractivity contribution in [2.24, 2.45) is 0 Å². The van der Waals surface area contributed by atoms with Crippen molar-refractivity contribution in [3.05, 3.63) is 59.1 Å². The molecule has 156 valence electrons. The minimum atomic E-state index is -3.51. The van der Waals surface area contributed by atoms with Gasteiger partial charge in [-0.25, -0.2) is 8.42 Å². The number of amides is 1. The van der Waals surface area contributed by atoms with E-state index in [-0.39, 0.29) is 16.1 Å². The van der Waals surface area contributed by atoms with Gasteiger partial charge < -0.3 is 10.1 Å². The maximum absolute atomic E-state index is 12.6. The number of carbonyl (C=O) groups excluding carboxylic acids is 1. The molecule has 3 rings (SSSR count). The average molecular weight is 455 g/mol. The number of nitrogens with one attached hydrogen (secondary N) is 1. The molecule has 1 N–H and O–H groups in total. The quantitative estimate of drug-likeness (QED) is 0.650. The standard InChI is InChI=1S/C20H23ClN2O4S2/c1-15(28-18-6-4-17(21)5-7-18)20(24)22-14-16-2-8-19(9-3-16)29(25,26)23-10-12-27-13-11-23/h2-9,15H,10-14H2,1H3,(H,22,24). The van der Waals surface area contributed by atoms with Crippen LogP contribution in [-0.2, 0) is 26.1 Å². The molecule has 0 aromatic heterocycles. The Bertz CT molecular complexity index is 928. The topological polar surface area (TPSA) is 75.7 Å². The third-order valence-corrected chi connectivity index (χ3v) is 7.77. The second-order valence-electron chi connectivity index (χ2n) is 6.59. The monoisotopic (exact) mass is 454 g/mol. The van der Waals surface area contributed by atoms with Gasteiger partial charge in [0.25, 0.3) is 0 Å². The molecule has 0 spiro atoms. The van der Waals surface area contributed by atoms with E-state index < -0.39 is 10.0 Å². The first-order chi connectivity index (χ1) is 13.9. The minimum absolute atomic E-state index is 0.0880. The fourth-order valence-electron chi connectivity index (χ4n) is 2.82. The molecule has 6 nitrogen and oxygen atoms in total. The summed E-state index contributed by atoms with van der Waals surface area (Å²) in [5, 5.41) is 3.28. The summed E-state index contributed by atoms with van der Waals surface area (Å²) >= 11 is 7.33. The van der Waals surface area contributed by atoms with Crippen LogP contribution in [0.3, 0.4) is 0 Å². The lowest BCUT2D eigenvalue weighted by molar-refractivity contribution is -0.120. The van der Waals surface area contributed by atoms with E-state index in [0.717, 1.165) is 10.5 Å². The molecule has 1 unspecified atom stereocenters. The van der Waals surface area contributed by atoms with Crippen molar-refractivity contribution in [1.82, 2.24) is 9.62 Å². The molecule has 0 aliphatic carbocycles. The Balaban J connectivity index is 1.54. The van der Waals surface area contributed by atoms with Crippen LogP contribution in [0.1, 0.15) is 12.5 Å². The Kier molecular flexibility index (Phi) is 7.59. The normalized spacial score (nSPS) is 16.3. The highest BCUT2D eigenvalue weighted by Gasteiger charge is 2.26. The molecule has 9 heteroatoms. The molecule has 0 bridgehead atoms. The molecule has 1 amide bonds. The number of carbonyl (C=O) groups is 1. The molecule has 1 saturated heterocycles. The Morgan fingerprint density at radius 3 is 2.38 bits per heavy atom. The molecular weight excluding hydrogens is 432 g/mol. The third-order valence-electron chi connectivity index (χ3n) is 4.49. The Labute approximate surface area is 180 Å². The van der Waals surface area contributed by atoms with E-state index in [1.165, 1.54) is 16.1 Å². The number of halogens is 1. The van der Waals surface area contributed by atoms with Crippen LogP contribution < -0.4 is 5.32 Å². The fraction of sp³-hybridized carbons (Fsp3) is 0.350. The highest BCUT2D eigenvalue weighted by atomic mass is 35.5. The fourth-order valence-corrected chi connectivity index (χ4v) is 5.24. The zero-order valence-corrected chi connectivity index (χ0v) is 18.4. The highest BCUT2D eigenvalue weighted by Crippen LogP contribution is 2.25. The maximum Gasteiger partial charge on any atom is 0.243 e. The van der Waals surface area contributed by atoms with Crippen molar-refractivity contribution in [1.29, 1.82) is 0 Å². The molecule has 2 aromatic carbocycles. The number of hydrogen-bond donors (Lipinski definition) is 1. The number of nitrogens with zero attached hydrogens (tertiary/aromatic N) is 1. The summed E-state index contributed by atoms with van der Waals surface area (Å²) in [6.07, 6.45) is 0. The molecule has 0 radical (unpaired) electrons. The molecule has 2 aromatic rings. The summed E-state index contributed by atoms with van der Waals surface area (Å²) in [7, 11) is -3.51. The summed E-state index contributed by atoms with van der Waals surface area (Å²) < 4.78 is 31.9. The van der Waals surface area contributed by atoms with Gasteiger partial charge in [0.1, 0.15) is 0 Å². The summed E-state index contributed by atoms with van der Waals surface area (Å²) in [4.78, 5) is 13.6. The van der Waals surface area contributed by atoms with E-state index in [1.807, 2.05) is 19.1 Å². The van der Waals surface area contributed by atoms with Crippen LogP contribution in [0.5, 0.6) is 0 Å². The van der Waals surface area contributed by atoms with Crippen molar-refractivity contribution in [3.63, 3.8) is 0 Å². The molecule has 1 fully saturated rings. The van der Waals surface area contributed by atoms with Crippen LogP contribution in [0.15, 0.2) is 58.3 Å². The van der Waals surface area contributed by atoms with Gasteiger partial charge in [0.05, 0.1) is 23.4 Å². The number of rotatable bonds is 7. The minimum Gasteiger partial charge on any atom is -0.379 e. The van der Waals surface area contributed by atoms with Gasteiger partial charge >= 0.3 is 0 Å². The Hall–Kier alpha value is -1.58. The van der Waals surface area contributed by atoms with Gasteiger partial charge in [0.15, 0.2) is 0 Å². The Morgan fingerprint density at radius 2 is 1.76 bits per heavy atom. The Morgan fingerprint density at radius 1 is 1.14 bits per heavy atom. The largest absolute Gasteiger partial charge is 0.379 e. The van der Waals surface area contributed by atoms with E-state index >= 15 is 0 Å². The van der Waals surface area contributed by atoms with E-state index in [2.05, 4.69) is 5.32 Å². The second-order valence-corrected chi connectivity index (χ2v) is 10.4. The number of ether oxygens (including phenoxy) is 1. The lowest BCUT2D eigenvalue weighted by atomic mass is 10.2.